The van der Waals surface area contributed by atoms with Gasteiger partial charge >= 0.3 is 5.97 Å². The molecule has 2 aliphatic rings. The first-order chi connectivity index (χ1) is 10.6. The van der Waals surface area contributed by atoms with Crippen molar-refractivity contribution >= 4 is 23.5 Å². The van der Waals surface area contributed by atoms with Crippen molar-refractivity contribution in [3.63, 3.8) is 0 Å². The fourth-order valence-corrected chi connectivity index (χ4v) is 3.21. The van der Waals surface area contributed by atoms with Crippen molar-refractivity contribution < 1.29 is 19.5 Å². The number of piperidine rings is 1. The maximum atomic E-state index is 12.6. The topological polar surface area (TPSA) is 77.9 Å². The van der Waals surface area contributed by atoms with Crippen LogP contribution < -0.4 is 4.90 Å². The molecule has 2 fully saturated rings. The number of nitrogens with zero attached hydrogens (tertiary/aromatic N) is 2. The lowest BCUT2D eigenvalue weighted by Gasteiger charge is -2.33. The predicted molar refractivity (Wildman–Crippen MR) is 79.3 cm³/mol. The van der Waals surface area contributed by atoms with E-state index in [1.165, 1.54) is 4.90 Å². The van der Waals surface area contributed by atoms with Crippen molar-refractivity contribution in [3.8, 4) is 0 Å². The number of rotatable bonds is 3. The standard InChI is InChI=1S/C16H18N2O4/c19-14-10-13(17-8-6-11(7-9-17)16(21)22)15(20)18(14)12-4-2-1-3-5-12/h1-5,11,13H,6-10H2,(H,21,22)/t13-/m0/s1. The predicted octanol–water partition coefficient (Wildman–Crippen LogP) is 1.12. The molecular formula is C16H18N2O4. The molecule has 1 N–H and O–H groups in total. The summed E-state index contributed by atoms with van der Waals surface area (Å²) in [5, 5.41) is 9.03. The molecule has 0 bridgehead atoms. The first kappa shape index (κ1) is 14.7. The fraction of sp³-hybridized carbons (Fsp3) is 0.438. The van der Waals surface area contributed by atoms with Crippen LogP contribution in [0.25, 0.3) is 0 Å². The van der Waals surface area contributed by atoms with E-state index in [2.05, 4.69) is 0 Å². The number of amides is 2. The van der Waals surface area contributed by atoms with Crippen LogP contribution in [0.3, 0.4) is 0 Å². The third-order valence-electron chi connectivity index (χ3n) is 4.46. The molecule has 0 aliphatic carbocycles. The highest BCUT2D eigenvalue weighted by Crippen LogP contribution is 2.28. The Balaban J connectivity index is 1.71. The van der Waals surface area contributed by atoms with Gasteiger partial charge in [0.2, 0.25) is 5.91 Å². The molecule has 6 nitrogen and oxygen atoms in total. The number of likely N-dealkylation sites (tertiary alicyclic amines) is 1. The number of hydrogen-bond acceptors (Lipinski definition) is 4. The van der Waals surface area contributed by atoms with Crippen molar-refractivity contribution in [2.45, 2.75) is 25.3 Å². The highest BCUT2D eigenvalue weighted by atomic mass is 16.4. The molecule has 2 amide bonds. The first-order valence-corrected chi connectivity index (χ1v) is 7.46. The number of carbonyl (C=O) groups is 3. The average molecular weight is 302 g/mol. The molecule has 0 saturated carbocycles. The Labute approximate surface area is 128 Å². The second kappa shape index (κ2) is 5.88. The van der Waals surface area contributed by atoms with Crippen molar-refractivity contribution in [3.05, 3.63) is 30.3 Å². The molecule has 116 valence electrons. The van der Waals surface area contributed by atoms with Crippen LogP contribution in [0.4, 0.5) is 5.69 Å². The van der Waals surface area contributed by atoms with Crippen LogP contribution in [0, 0.1) is 5.92 Å². The number of hydrogen-bond donors (Lipinski definition) is 1. The van der Waals surface area contributed by atoms with Gasteiger partial charge in [-0.2, -0.15) is 0 Å². The van der Waals surface area contributed by atoms with Crippen molar-refractivity contribution in [2.75, 3.05) is 18.0 Å². The van der Waals surface area contributed by atoms with E-state index in [1.54, 1.807) is 24.3 Å². The molecule has 3 rings (SSSR count). The summed E-state index contributed by atoms with van der Waals surface area (Å²) in [4.78, 5) is 39.0. The van der Waals surface area contributed by atoms with Crippen LogP contribution in [0.1, 0.15) is 19.3 Å². The zero-order valence-electron chi connectivity index (χ0n) is 12.1. The van der Waals surface area contributed by atoms with Crippen molar-refractivity contribution in [2.24, 2.45) is 5.92 Å². The van der Waals surface area contributed by atoms with Gasteiger partial charge in [-0.3, -0.25) is 19.3 Å². The van der Waals surface area contributed by atoms with Gasteiger partial charge < -0.3 is 5.11 Å². The van der Waals surface area contributed by atoms with Gasteiger partial charge in [-0.1, -0.05) is 18.2 Å². The Hall–Kier alpha value is -2.21. The average Bonchev–Trinajstić information content (AvgIpc) is 2.83. The summed E-state index contributed by atoms with van der Waals surface area (Å²) in [6, 6.07) is 8.46. The Morgan fingerprint density at radius 3 is 2.32 bits per heavy atom. The van der Waals surface area contributed by atoms with Gasteiger partial charge in [-0.15, -0.1) is 0 Å². The Morgan fingerprint density at radius 2 is 1.73 bits per heavy atom. The summed E-state index contributed by atoms with van der Waals surface area (Å²) in [7, 11) is 0. The van der Waals surface area contributed by atoms with Gasteiger partial charge in [-0.05, 0) is 38.1 Å². The van der Waals surface area contributed by atoms with Gasteiger partial charge in [0.25, 0.3) is 5.91 Å². The van der Waals surface area contributed by atoms with Crippen molar-refractivity contribution in [1.82, 2.24) is 4.90 Å². The number of imide groups is 1. The number of carboxylic acids is 1. The van der Waals surface area contributed by atoms with E-state index in [1.807, 2.05) is 11.0 Å². The highest BCUT2D eigenvalue weighted by Gasteiger charge is 2.43. The van der Waals surface area contributed by atoms with Crippen LogP contribution in [0.5, 0.6) is 0 Å². The maximum Gasteiger partial charge on any atom is 0.306 e. The van der Waals surface area contributed by atoms with E-state index < -0.39 is 12.0 Å². The molecule has 1 aromatic carbocycles. The zero-order chi connectivity index (χ0) is 15.7. The lowest BCUT2D eigenvalue weighted by Crippen LogP contribution is -2.46. The molecule has 2 saturated heterocycles. The molecule has 1 atom stereocenters. The van der Waals surface area contributed by atoms with E-state index >= 15 is 0 Å². The highest BCUT2D eigenvalue weighted by molar-refractivity contribution is 6.22. The van der Waals surface area contributed by atoms with E-state index in [4.69, 9.17) is 5.11 Å². The number of anilines is 1. The largest absolute Gasteiger partial charge is 0.481 e. The zero-order valence-corrected chi connectivity index (χ0v) is 12.1. The molecule has 0 aromatic heterocycles. The van der Waals surface area contributed by atoms with E-state index in [-0.39, 0.29) is 24.2 Å². The van der Waals surface area contributed by atoms with Gasteiger partial charge in [0.15, 0.2) is 0 Å². The van der Waals surface area contributed by atoms with Gasteiger partial charge in [-0.25, -0.2) is 4.90 Å². The third-order valence-corrected chi connectivity index (χ3v) is 4.46. The van der Waals surface area contributed by atoms with Crippen LogP contribution in [0.15, 0.2) is 30.3 Å². The Morgan fingerprint density at radius 1 is 1.09 bits per heavy atom. The van der Waals surface area contributed by atoms with E-state index in [0.717, 1.165) is 0 Å². The Kier molecular flexibility index (Phi) is 3.94. The molecule has 6 heteroatoms. The summed E-state index contributed by atoms with van der Waals surface area (Å²) in [6.07, 6.45) is 1.22. The van der Waals surface area contributed by atoms with Gasteiger partial charge in [0.1, 0.15) is 0 Å². The van der Waals surface area contributed by atoms with E-state index in [0.29, 0.717) is 31.6 Å². The number of aliphatic carboxylic acids is 1. The van der Waals surface area contributed by atoms with Crippen LogP contribution in [-0.4, -0.2) is 46.9 Å². The third kappa shape index (κ3) is 2.62. The number of para-hydroxylation sites is 1. The minimum Gasteiger partial charge on any atom is -0.481 e. The molecule has 0 spiro atoms. The lowest BCUT2D eigenvalue weighted by molar-refractivity contribution is -0.143. The molecular weight excluding hydrogens is 284 g/mol. The van der Waals surface area contributed by atoms with Gasteiger partial charge in [0, 0.05) is 0 Å². The van der Waals surface area contributed by atoms with Crippen LogP contribution in [-0.2, 0) is 14.4 Å². The van der Waals surface area contributed by atoms with Gasteiger partial charge in [0.05, 0.1) is 24.1 Å². The first-order valence-electron chi connectivity index (χ1n) is 7.46. The molecule has 2 aliphatic heterocycles. The Bertz CT molecular complexity index is 593. The SMILES string of the molecule is O=C(O)C1CCN([C@H]2CC(=O)N(c3ccccc3)C2=O)CC1. The minimum atomic E-state index is -0.778. The molecule has 0 unspecified atom stereocenters. The quantitative estimate of drug-likeness (QED) is 0.846. The number of carboxylic acid groups (broad SMARTS) is 1. The lowest BCUT2D eigenvalue weighted by atomic mass is 9.96. The second-order valence-corrected chi connectivity index (χ2v) is 5.77. The molecule has 0 radical (unpaired) electrons. The molecule has 1 aromatic rings. The smallest absolute Gasteiger partial charge is 0.306 e. The molecule has 22 heavy (non-hydrogen) atoms. The van der Waals surface area contributed by atoms with Crippen LogP contribution in [0.2, 0.25) is 0 Å². The minimum absolute atomic E-state index is 0.172. The van der Waals surface area contributed by atoms with Crippen LogP contribution >= 0.6 is 0 Å². The fourth-order valence-electron chi connectivity index (χ4n) is 3.21. The summed E-state index contributed by atoms with van der Waals surface area (Å²) < 4.78 is 0. The summed E-state index contributed by atoms with van der Waals surface area (Å²) in [5.74, 6) is -1.51. The number of carbonyl (C=O) groups excluding carboxylic acids is 2. The molecule has 2 heterocycles. The van der Waals surface area contributed by atoms with E-state index in [9.17, 15) is 14.4 Å². The summed E-state index contributed by atoms with van der Waals surface area (Å²) in [5.41, 5.74) is 0.598. The normalized spacial score (nSPS) is 24.0. The maximum absolute atomic E-state index is 12.6. The summed E-state index contributed by atoms with van der Waals surface area (Å²) in [6.45, 7) is 1.09. The monoisotopic (exact) mass is 302 g/mol. The summed E-state index contributed by atoms with van der Waals surface area (Å²) >= 11 is 0. The van der Waals surface area contributed by atoms with Crippen molar-refractivity contribution in [1.29, 1.82) is 0 Å². The number of benzene rings is 1. The second-order valence-electron chi connectivity index (χ2n) is 5.77.